The van der Waals surface area contributed by atoms with E-state index in [1.807, 2.05) is 0 Å². The van der Waals surface area contributed by atoms with Crippen molar-refractivity contribution in [2.24, 2.45) is 5.73 Å². The standard InChI is InChI=1S/C8H8Cl2N2/c1-5(11)12-8-3-6(9)2-7(10)4-8/h2-4,12H,1,11H2. The lowest BCUT2D eigenvalue weighted by Crippen LogP contribution is -2.06. The summed E-state index contributed by atoms with van der Waals surface area (Å²) in [6.07, 6.45) is 0. The number of hydrogen-bond acceptors (Lipinski definition) is 2. The lowest BCUT2D eigenvalue weighted by Gasteiger charge is -2.05. The number of nitrogens with two attached hydrogens (primary N) is 1. The van der Waals surface area contributed by atoms with Crippen LogP contribution in [0.3, 0.4) is 0 Å². The first-order chi connectivity index (χ1) is 5.58. The predicted molar refractivity (Wildman–Crippen MR) is 53.4 cm³/mol. The van der Waals surface area contributed by atoms with Crippen molar-refractivity contribution in [3.05, 3.63) is 40.6 Å². The van der Waals surface area contributed by atoms with Crippen molar-refractivity contribution >= 4 is 28.9 Å². The fraction of sp³-hybridized carbons (Fsp3) is 0. The minimum Gasteiger partial charge on any atom is -0.386 e. The molecule has 0 fully saturated rings. The highest BCUT2D eigenvalue weighted by Gasteiger charge is 1.96. The number of halogens is 2. The fourth-order valence-electron chi connectivity index (χ4n) is 0.811. The third kappa shape index (κ3) is 2.64. The maximum absolute atomic E-state index is 5.74. The molecular weight excluding hydrogens is 195 g/mol. The van der Waals surface area contributed by atoms with Crippen LogP contribution in [0.15, 0.2) is 30.6 Å². The molecule has 0 saturated heterocycles. The van der Waals surface area contributed by atoms with Crippen molar-refractivity contribution < 1.29 is 0 Å². The summed E-state index contributed by atoms with van der Waals surface area (Å²) in [5.41, 5.74) is 6.07. The highest BCUT2D eigenvalue weighted by Crippen LogP contribution is 2.22. The Morgan fingerprint density at radius 1 is 1.25 bits per heavy atom. The SMILES string of the molecule is C=C(N)Nc1cc(Cl)cc(Cl)c1. The van der Waals surface area contributed by atoms with Crippen molar-refractivity contribution in [2.75, 3.05) is 5.32 Å². The number of hydrogen-bond donors (Lipinski definition) is 2. The molecule has 0 spiro atoms. The maximum atomic E-state index is 5.74. The van der Waals surface area contributed by atoms with Gasteiger partial charge >= 0.3 is 0 Å². The predicted octanol–water partition coefficient (Wildman–Crippen LogP) is 2.84. The first kappa shape index (κ1) is 9.23. The number of anilines is 1. The van der Waals surface area contributed by atoms with Crippen molar-refractivity contribution in [2.45, 2.75) is 0 Å². The Bertz CT molecular complexity index is 290. The van der Waals surface area contributed by atoms with Crippen molar-refractivity contribution in [3.8, 4) is 0 Å². The molecule has 0 bridgehead atoms. The Morgan fingerprint density at radius 3 is 2.17 bits per heavy atom. The average Bonchev–Trinajstić information content (AvgIpc) is 1.81. The molecule has 12 heavy (non-hydrogen) atoms. The van der Waals surface area contributed by atoms with Gasteiger partial charge in [-0.15, -0.1) is 0 Å². The Hall–Kier alpha value is -0.860. The number of rotatable bonds is 2. The lowest BCUT2D eigenvalue weighted by molar-refractivity contribution is 1.33. The molecule has 1 rings (SSSR count). The molecule has 0 atom stereocenters. The van der Waals surface area contributed by atoms with Crippen LogP contribution in [0, 0.1) is 0 Å². The normalized spacial score (nSPS) is 9.50. The zero-order valence-electron chi connectivity index (χ0n) is 6.27. The molecule has 2 nitrogen and oxygen atoms in total. The topological polar surface area (TPSA) is 38.0 Å². The molecule has 4 heteroatoms. The average molecular weight is 203 g/mol. The van der Waals surface area contributed by atoms with Crippen LogP contribution in [0.2, 0.25) is 10.0 Å². The molecule has 64 valence electrons. The minimum absolute atomic E-state index is 0.355. The van der Waals surface area contributed by atoms with E-state index in [-0.39, 0.29) is 0 Å². The summed E-state index contributed by atoms with van der Waals surface area (Å²) in [7, 11) is 0. The van der Waals surface area contributed by atoms with E-state index in [2.05, 4.69) is 11.9 Å². The van der Waals surface area contributed by atoms with Crippen LogP contribution in [-0.4, -0.2) is 0 Å². The molecule has 0 unspecified atom stereocenters. The van der Waals surface area contributed by atoms with Gasteiger partial charge in [0.25, 0.3) is 0 Å². The lowest BCUT2D eigenvalue weighted by atomic mass is 10.3. The Kier molecular flexibility index (Phi) is 2.84. The van der Waals surface area contributed by atoms with Crippen LogP contribution in [0.1, 0.15) is 0 Å². The fourth-order valence-corrected chi connectivity index (χ4v) is 1.34. The molecule has 3 N–H and O–H groups in total. The minimum atomic E-state index is 0.355. The molecular formula is C8H8Cl2N2. The summed E-state index contributed by atoms with van der Waals surface area (Å²) in [6, 6.07) is 5.07. The molecule has 0 heterocycles. The van der Waals surface area contributed by atoms with Gasteiger partial charge in [-0.2, -0.15) is 0 Å². The second kappa shape index (κ2) is 3.70. The van der Waals surface area contributed by atoms with E-state index in [4.69, 9.17) is 28.9 Å². The molecule has 1 aromatic carbocycles. The molecule has 0 saturated carbocycles. The highest BCUT2D eigenvalue weighted by atomic mass is 35.5. The van der Waals surface area contributed by atoms with Gasteiger partial charge in [-0.1, -0.05) is 29.8 Å². The van der Waals surface area contributed by atoms with E-state index in [0.29, 0.717) is 15.9 Å². The van der Waals surface area contributed by atoms with Crippen LogP contribution in [-0.2, 0) is 0 Å². The summed E-state index contributed by atoms with van der Waals surface area (Å²) in [6.45, 7) is 3.49. The third-order valence-electron chi connectivity index (χ3n) is 1.17. The summed E-state index contributed by atoms with van der Waals surface area (Å²) in [4.78, 5) is 0. The van der Waals surface area contributed by atoms with Crippen LogP contribution in [0.5, 0.6) is 0 Å². The number of nitrogens with one attached hydrogen (secondary N) is 1. The Morgan fingerprint density at radius 2 is 1.75 bits per heavy atom. The molecule has 0 aliphatic carbocycles. The van der Waals surface area contributed by atoms with Gasteiger partial charge in [0.15, 0.2) is 0 Å². The van der Waals surface area contributed by atoms with E-state index >= 15 is 0 Å². The summed E-state index contributed by atoms with van der Waals surface area (Å²) >= 11 is 11.5. The summed E-state index contributed by atoms with van der Waals surface area (Å²) in [5, 5.41) is 3.92. The van der Waals surface area contributed by atoms with Crippen molar-refractivity contribution in [3.63, 3.8) is 0 Å². The van der Waals surface area contributed by atoms with Crippen LogP contribution in [0.4, 0.5) is 5.69 Å². The second-order valence-corrected chi connectivity index (χ2v) is 3.18. The molecule has 0 aromatic heterocycles. The highest BCUT2D eigenvalue weighted by molar-refractivity contribution is 6.35. The van der Waals surface area contributed by atoms with Gasteiger partial charge in [0.05, 0.1) is 5.82 Å². The molecule has 1 aromatic rings. The van der Waals surface area contributed by atoms with E-state index in [0.717, 1.165) is 5.69 Å². The van der Waals surface area contributed by atoms with Crippen LogP contribution >= 0.6 is 23.2 Å². The zero-order chi connectivity index (χ0) is 9.14. The zero-order valence-corrected chi connectivity index (χ0v) is 7.78. The van der Waals surface area contributed by atoms with Gasteiger partial charge in [0, 0.05) is 15.7 Å². The first-order valence-corrected chi connectivity index (χ1v) is 4.01. The Labute approximate surface area is 81.0 Å². The summed E-state index contributed by atoms with van der Waals surface area (Å²) < 4.78 is 0. The van der Waals surface area contributed by atoms with E-state index < -0.39 is 0 Å². The van der Waals surface area contributed by atoms with Gasteiger partial charge < -0.3 is 11.1 Å². The van der Waals surface area contributed by atoms with Gasteiger partial charge in [0.1, 0.15) is 0 Å². The van der Waals surface area contributed by atoms with Gasteiger partial charge in [-0.3, -0.25) is 0 Å². The van der Waals surface area contributed by atoms with Gasteiger partial charge in [0.2, 0.25) is 0 Å². The van der Waals surface area contributed by atoms with Crippen molar-refractivity contribution in [1.82, 2.24) is 0 Å². The molecule has 0 radical (unpaired) electrons. The van der Waals surface area contributed by atoms with Gasteiger partial charge in [-0.25, -0.2) is 0 Å². The van der Waals surface area contributed by atoms with E-state index in [1.54, 1.807) is 18.2 Å². The maximum Gasteiger partial charge on any atom is 0.0930 e. The smallest absolute Gasteiger partial charge is 0.0930 e. The van der Waals surface area contributed by atoms with Crippen molar-refractivity contribution in [1.29, 1.82) is 0 Å². The molecule has 0 aliphatic rings. The van der Waals surface area contributed by atoms with Crippen LogP contribution < -0.4 is 11.1 Å². The third-order valence-corrected chi connectivity index (χ3v) is 1.60. The largest absolute Gasteiger partial charge is 0.386 e. The molecule has 0 amide bonds. The summed E-state index contributed by atoms with van der Waals surface area (Å²) in [5.74, 6) is 0.355. The van der Waals surface area contributed by atoms with Gasteiger partial charge in [-0.05, 0) is 18.2 Å². The van der Waals surface area contributed by atoms with E-state index in [1.165, 1.54) is 0 Å². The first-order valence-electron chi connectivity index (χ1n) is 3.25. The monoisotopic (exact) mass is 202 g/mol. The second-order valence-electron chi connectivity index (χ2n) is 2.31. The number of benzene rings is 1. The Balaban J connectivity index is 2.93. The molecule has 0 aliphatic heterocycles. The quantitative estimate of drug-likeness (QED) is 0.775. The van der Waals surface area contributed by atoms with E-state index in [9.17, 15) is 0 Å². The van der Waals surface area contributed by atoms with Crippen LogP contribution in [0.25, 0.3) is 0 Å².